The van der Waals surface area contributed by atoms with Crippen LogP contribution in [0.2, 0.25) is 0 Å². The van der Waals surface area contributed by atoms with Crippen LogP contribution in [0.4, 0.5) is 5.69 Å². The summed E-state index contributed by atoms with van der Waals surface area (Å²) in [6, 6.07) is 5.75. The summed E-state index contributed by atoms with van der Waals surface area (Å²) in [6.07, 6.45) is 1.32. The average molecular weight is 377 g/mol. The fourth-order valence-corrected chi connectivity index (χ4v) is 4.13. The van der Waals surface area contributed by atoms with Crippen LogP contribution in [0.1, 0.15) is 35.3 Å². The van der Waals surface area contributed by atoms with Gasteiger partial charge in [-0.25, -0.2) is 8.42 Å². The van der Waals surface area contributed by atoms with Crippen LogP contribution in [0.3, 0.4) is 0 Å². The molecule has 0 spiro atoms. The van der Waals surface area contributed by atoms with Gasteiger partial charge in [0.05, 0.1) is 10.5 Å². The number of aryl methyl sites for hydroxylation is 1. The van der Waals surface area contributed by atoms with Gasteiger partial charge in [-0.15, -0.1) is 0 Å². The Labute approximate surface area is 153 Å². The summed E-state index contributed by atoms with van der Waals surface area (Å²) in [5, 5.41) is 2.73. The van der Waals surface area contributed by atoms with E-state index in [1.165, 1.54) is 28.7 Å². The molecule has 0 saturated carbocycles. The minimum atomic E-state index is -3.63. The molecule has 0 aliphatic heterocycles. The van der Waals surface area contributed by atoms with Crippen molar-refractivity contribution in [2.45, 2.75) is 32.6 Å². The second kappa shape index (κ2) is 7.84. The number of nitrogens with zero attached hydrogens (tertiary/aromatic N) is 1. The van der Waals surface area contributed by atoms with Gasteiger partial charge in [-0.2, -0.15) is 4.31 Å². The van der Waals surface area contributed by atoms with E-state index in [0.29, 0.717) is 18.8 Å². The van der Waals surface area contributed by atoms with Gasteiger partial charge in [0.1, 0.15) is 0 Å². The molecule has 1 aromatic carbocycles. The number of carbonyl (C=O) groups excluding carboxylic acids is 1. The van der Waals surface area contributed by atoms with Crippen LogP contribution in [-0.4, -0.2) is 36.7 Å². The second-order valence-corrected chi connectivity index (χ2v) is 7.84. The van der Waals surface area contributed by atoms with Crippen LogP contribution in [0.25, 0.3) is 0 Å². The highest BCUT2D eigenvalue weighted by molar-refractivity contribution is 7.89. The zero-order valence-corrected chi connectivity index (χ0v) is 16.1. The summed E-state index contributed by atoms with van der Waals surface area (Å²) >= 11 is 0. The number of sulfonamides is 1. The SMILES string of the molecule is CCN(CC)S(=O)(=O)c1cc(C)c(C)c(NC(=O)c2ccc(=O)[nH]c2)c1. The summed E-state index contributed by atoms with van der Waals surface area (Å²) in [5.74, 6) is -0.430. The Bertz CT molecular complexity index is 956. The minimum absolute atomic E-state index is 0.140. The zero-order valence-electron chi connectivity index (χ0n) is 15.3. The van der Waals surface area contributed by atoms with Crippen molar-refractivity contribution < 1.29 is 13.2 Å². The van der Waals surface area contributed by atoms with Gasteiger partial charge in [0.15, 0.2) is 0 Å². The highest BCUT2D eigenvalue weighted by atomic mass is 32.2. The van der Waals surface area contributed by atoms with Crippen LogP contribution in [0.15, 0.2) is 40.2 Å². The Hall–Kier alpha value is -2.45. The number of nitrogens with one attached hydrogen (secondary N) is 2. The number of hydrogen-bond donors (Lipinski definition) is 2. The molecular weight excluding hydrogens is 354 g/mol. The van der Waals surface area contributed by atoms with Crippen molar-refractivity contribution in [3.8, 4) is 0 Å². The number of anilines is 1. The normalized spacial score (nSPS) is 11.6. The van der Waals surface area contributed by atoms with Crippen molar-refractivity contribution in [3.63, 3.8) is 0 Å². The molecule has 1 aromatic heterocycles. The topological polar surface area (TPSA) is 99.3 Å². The van der Waals surface area contributed by atoms with Crippen LogP contribution in [0, 0.1) is 13.8 Å². The van der Waals surface area contributed by atoms with E-state index < -0.39 is 15.9 Å². The molecule has 0 radical (unpaired) electrons. The van der Waals surface area contributed by atoms with E-state index in [-0.39, 0.29) is 16.0 Å². The maximum absolute atomic E-state index is 12.8. The largest absolute Gasteiger partial charge is 0.328 e. The van der Waals surface area contributed by atoms with E-state index in [1.807, 2.05) is 6.92 Å². The lowest BCUT2D eigenvalue weighted by atomic mass is 10.1. The third kappa shape index (κ3) is 4.03. The molecule has 0 aliphatic rings. The zero-order chi connectivity index (χ0) is 19.5. The highest BCUT2D eigenvalue weighted by Gasteiger charge is 2.23. The second-order valence-electron chi connectivity index (χ2n) is 5.90. The lowest BCUT2D eigenvalue weighted by Gasteiger charge is -2.20. The lowest BCUT2D eigenvalue weighted by Crippen LogP contribution is -2.30. The van der Waals surface area contributed by atoms with Gasteiger partial charge >= 0.3 is 0 Å². The Morgan fingerprint density at radius 2 is 1.81 bits per heavy atom. The first-order chi connectivity index (χ1) is 12.2. The third-order valence-corrected chi connectivity index (χ3v) is 6.31. The van der Waals surface area contributed by atoms with Crippen LogP contribution >= 0.6 is 0 Å². The van der Waals surface area contributed by atoms with E-state index >= 15 is 0 Å². The molecule has 0 atom stereocenters. The van der Waals surface area contributed by atoms with Crippen molar-refractivity contribution >= 4 is 21.6 Å². The smallest absolute Gasteiger partial charge is 0.257 e. The van der Waals surface area contributed by atoms with Crippen LogP contribution in [-0.2, 0) is 10.0 Å². The van der Waals surface area contributed by atoms with Gasteiger partial charge in [-0.3, -0.25) is 9.59 Å². The summed E-state index contributed by atoms with van der Waals surface area (Å²) in [5.41, 5.74) is 1.93. The van der Waals surface area contributed by atoms with Crippen molar-refractivity contribution in [1.29, 1.82) is 0 Å². The molecule has 0 unspecified atom stereocenters. The molecule has 1 heterocycles. The van der Waals surface area contributed by atoms with E-state index in [9.17, 15) is 18.0 Å². The Morgan fingerprint density at radius 1 is 1.15 bits per heavy atom. The fraction of sp³-hybridized carbons (Fsp3) is 0.333. The molecule has 2 aromatic rings. The number of hydrogen-bond acceptors (Lipinski definition) is 4. The third-order valence-electron chi connectivity index (χ3n) is 4.28. The number of rotatable bonds is 6. The first kappa shape index (κ1) is 19.9. The van der Waals surface area contributed by atoms with Gasteiger partial charge in [-0.1, -0.05) is 13.8 Å². The van der Waals surface area contributed by atoms with Gasteiger partial charge in [0, 0.05) is 31.0 Å². The van der Waals surface area contributed by atoms with Crippen molar-refractivity contribution in [2.24, 2.45) is 0 Å². The van der Waals surface area contributed by atoms with Crippen molar-refractivity contribution in [3.05, 3.63) is 57.5 Å². The summed E-state index contributed by atoms with van der Waals surface area (Å²) in [4.78, 5) is 26.1. The minimum Gasteiger partial charge on any atom is -0.328 e. The summed E-state index contributed by atoms with van der Waals surface area (Å²) < 4.78 is 26.9. The predicted octanol–water partition coefficient (Wildman–Crippen LogP) is 2.27. The quantitative estimate of drug-likeness (QED) is 0.807. The van der Waals surface area contributed by atoms with Gasteiger partial charge in [0.2, 0.25) is 15.6 Å². The lowest BCUT2D eigenvalue weighted by molar-refractivity contribution is 0.102. The van der Waals surface area contributed by atoms with E-state index in [4.69, 9.17) is 0 Å². The molecule has 0 fully saturated rings. The summed E-state index contributed by atoms with van der Waals surface area (Å²) in [7, 11) is -3.63. The molecule has 2 N–H and O–H groups in total. The molecule has 2 rings (SSSR count). The molecule has 0 bridgehead atoms. The number of amides is 1. The molecular formula is C18H23N3O4S. The van der Waals surface area contributed by atoms with E-state index in [1.54, 1.807) is 26.8 Å². The molecule has 7 nitrogen and oxygen atoms in total. The number of aromatic nitrogens is 1. The van der Waals surface area contributed by atoms with Gasteiger partial charge < -0.3 is 10.3 Å². The first-order valence-corrected chi connectivity index (χ1v) is 9.76. The first-order valence-electron chi connectivity index (χ1n) is 8.32. The Balaban J connectivity index is 2.43. The number of carbonyl (C=O) groups is 1. The van der Waals surface area contributed by atoms with Crippen LogP contribution < -0.4 is 10.9 Å². The highest BCUT2D eigenvalue weighted by Crippen LogP contribution is 2.26. The van der Waals surface area contributed by atoms with Gasteiger partial charge in [-0.05, 0) is 43.2 Å². The Morgan fingerprint density at radius 3 is 2.35 bits per heavy atom. The molecule has 140 valence electrons. The molecule has 26 heavy (non-hydrogen) atoms. The summed E-state index contributed by atoms with van der Waals surface area (Å²) in [6.45, 7) is 7.90. The average Bonchev–Trinajstić information content (AvgIpc) is 2.60. The molecule has 8 heteroatoms. The monoisotopic (exact) mass is 377 g/mol. The predicted molar refractivity (Wildman–Crippen MR) is 101 cm³/mol. The molecule has 1 amide bonds. The number of H-pyrrole nitrogens is 1. The fourth-order valence-electron chi connectivity index (χ4n) is 2.56. The number of pyridine rings is 1. The number of aromatic amines is 1. The molecule has 0 saturated heterocycles. The standard InChI is InChI=1S/C18H23N3O4S/c1-5-21(6-2)26(24,25)15-9-12(3)13(4)16(10-15)20-18(23)14-7-8-17(22)19-11-14/h7-11H,5-6H2,1-4H3,(H,19,22)(H,20,23). The Kier molecular flexibility index (Phi) is 5.99. The maximum atomic E-state index is 12.8. The van der Waals surface area contributed by atoms with Crippen molar-refractivity contribution in [1.82, 2.24) is 9.29 Å². The van der Waals surface area contributed by atoms with Crippen molar-refractivity contribution in [2.75, 3.05) is 18.4 Å². The molecule has 0 aliphatic carbocycles. The maximum Gasteiger partial charge on any atom is 0.257 e. The number of benzene rings is 1. The van der Waals surface area contributed by atoms with Crippen LogP contribution in [0.5, 0.6) is 0 Å². The van der Waals surface area contributed by atoms with E-state index in [0.717, 1.165) is 11.1 Å². The van der Waals surface area contributed by atoms with Gasteiger partial charge in [0.25, 0.3) is 5.91 Å². The van der Waals surface area contributed by atoms with E-state index in [2.05, 4.69) is 10.3 Å².